The average molecular weight is 777 g/mol. The maximum atomic E-state index is 16.2. The molecule has 6 rings (SSSR count). The number of carbonyl (C=O) groups is 2. The molecule has 2 aromatic carbocycles. The van der Waals surface area contributed by atoms with Gasteiger partial charge in [0.25, 0.3) is 0 Å². The van der Waals surface area contributed by atoms with Crippen molar-refractivity contribution in [2.75, 3.05) is 0 Å². The van der Waals surface area contributed by atoms with Crippen LogP contribution in [-0.4, -0.2) is 64.6 Å². The second kappa shape index (κ2) is 13.8. The van der Waals surface area contributed by atoms with Gasteiger partial charge in [0.15, 0.2) is 0 Å². The molecule has 2 saturated heterocycles. The fraction of sp³-hybridized carbons (Fsp3) is 0.581. The van der Waals surface area contributed by atoms with Crippen LogP contribution in [0.1, 0.15) is 73.8 Å². The Balaban J connectivity index is 1.57. The normalized spacial score (nSPS) is 37.5. The summed E-state index contributed by atoms with van der Waals surface area (Å²) in [6.07, 6.45) is 5.53. The molecule has 0 aromatic heterocycles. The number of nitrogens with one attached hydrogen (secondary N) is 1. The van der Waals surface area contributed by atoms with Crippen molar-refractivity contribution in [3.63, 3.8) is 0 Å². The molecule has 6 nitrogen and oxygen atoms in total. The van der Waals surface area contributed by atoms with Crippen molar-refractivity contribution >= 4 is 39.4 Å². The minimum absolute atomic E-state index is 0.0186. The molecule has 0 unspecified atom stereocenters. The van der Waals surface area contributed by atoms with Crippen molar-refractivity contribution in [1.82, 2.24) is 5.32 Å². The quantitative estimate of drug-likeness (QED) is 0.184. The second-order valence-electron chi connectivity index (χ2n) is 17.8. The third-order valence-electron chi connectivity index (χ3n) is 12.7. The van der Waals surface area contributed by atoms with E-state index in [-0.39, 0.29) is 61.6 Å². The topological polar surface area (TPSA) is 73.9 Å². The first-order valence-electron chi connectivity index (χ1n) is 18.8. The van der Waals surface area contributed by atoms with Crippen LogP contribution >= 0.6 is 0 Å². The number of carbonyl (C=O) groups excluding carboxylic acids is 2. The Morgan fingerprint density at radius 2 is 1.63 bits per heavy atom. The molecule has 2 aromatic rings. The van der Waals surface area contributed by atoms with Crippen LogP contribution in [0, 0.1) is 29.1 Å². The standard InChI is InChI=1S/C43H59NO5SeSi/c1-27-19-18-24-32-36(48-51(10,11)40(4,5)6)29(3)28(2)35-33(25-30-20-14-12-15-21-30)44-39(46)43(32,35)37(45)34(50-31-22-16-13-17-23-31)26-42(9)38(27)47-41(7,8)49-42/h12-18,20-24,27-28,32-36,38H,3,19,25-26H2,1-2,4-11H3,(H,44,46)/b24-18+/t27-,28+,32-,33-,34+,35-,36+,38+,42+,43-/m0/s1. The fourth-order valence-corrected chi connectivity index (χ4v) is 13.4. The molecule has 2 aliphatic carbocycles. The van der Waals surface area contributed by atoms with Crippen molar-refractivity contribution < 1.29 is 23.5 Å². The van der Waals surface area contributed by atoms with E-state index in [1.807, 2.05) is 50.2 Å². The number of fused-ring (bicyclic) bond motifs is 1. The predicted octanol–water partition coefficient (Wildman–Crippen LogP) is 7.83. The van der Waals surface area contributed by atoms with E-state index in [0.717, 1.165) is 22.0 Å². The van der Waals surface area contributed by atoms with Gasteiger partial charge < -0.3 is 0 Å². The Hall–Kier alpha value is -2.32. The molecule has 2 heterocycles. The summed E-state index contributed by atoms with van der Waals surface area (Å²) in [5.41, 5.74) is 0.0577. The molecule has 1 spiro atoms. The summed E-state index contributed by atoms with van der Waals surface area (Å²) >= 11 is -0.280. The van der Waals surface area contributed by atoms with Gasteiger partial charge in [-0.1, -0.05) is 0 Å². The first-order chi connectivity index (χ1) is 23.8. The molecule has 2 aliphatic heterocycles. The van der Waals surface area contributed by atoms with E-state index in [1.165, 1.54) is 0 Å². The van der Waals surface area contributed by atoms with E-state index in [0.29, 0.717) is 12.8 Å². The Morgan fingerprint density at radius 1 is 1.00 bits per heavy atom. The predicted molar refractivity (Wildman–Crippen MR) is 208 cm³/mol. The third kappa shape index (κ3) is 6.94. The van der Waals surface area contributed by atoms with E-state index in [4.69, 9.17) is 20.5 Å². The zero-order valence-electron chi connectivity index (χ0n) is 32.3. The van der Waals surface area contributed by atoms with Crippen molar-refractivity contribution in [2.24, 2.45) is 29.1 Å². The Bertz CT molecular complexity index is 1650. The Morgan fingerprint density at radius 3 is 2.25 bits per heavy atom. The molecule has 51 heavy (non-hydrogen) atoms. The van der Waals surface area contributed by atoms with Crippen molar-refractivity contribution in [3.8, 4) is 0 Å². The molecule has 0 bridgehead atoms. The van der Waals surface area contributed by atoms with E-state index in [1.54, 1.807) is 0 Å². The van der Waals surface area contributed by atoms with Crippen LogP contribution < -0.4 is 9.78 Å². The molecule has 1 amide bonds. The molecule has 4 aliphatic rings. The van der Waals surface area contributed by atoms with E-state index in [9.17, 15) is 0 Å². The molecule has 0 radical (unpaired) electrons. The van der Waals surface area contributed by atoms with Gasteiger partial charge in [0.1, 0.15) is 0 Å². The third-order valence-corrected chi connectivity index (χ3v) is 19.7. The monoisotopic (exact) mass is 777 g/mol. The van der Waals surface area contributed by atoms with E-state index in [2.05, 4.69) is 96.4 Å². The first kappa shape index (κ1) is 38.4. The van der Waals surface area contributed by atoms with E-state index < -0.39 is 42.0 Å². The van der Waals surface area contributed by atoms with Crippen LogP contribution in [-0.2, 0) is 29.9 Å². The second-order valence-corrected chi connectivity index (χ2v) is 25.3. The van der Waals surface area contributed by atoms with Crippen LogP contribution in [0.5, 0.6) is 0 Å². The Labute approximate surface area is 313 Å². The first-order valence-corrected chi connectivity index (χ1v) is 23.6. The number of rotatable bonds is 6. The Kier molecular flexibility index (Phi) is 10.4. The summed E-state index contributed by atoms with van der Waals surface area (Å²) < 4.78 is 22.0. The number of ketones is 1. The minimum atomic E-state index is -2.38. The summed E-state index contributed by atoms with van der Waals surface area (Å²) in [6, 6.07) is 20.4. The zero-order valence-corrected chi connectivity index (χ0v) is 35.0. The molecular formula is C43H59NO5SeSi. The van der Waals surface area contributed by atoms with Gasteiger partial charge in [-0.15, -0.1) is 0 Å². The van der Waals surface area contributed by atoms with Crippen molar-refractivity contribution in [2.45, 2.75) is 127 Å². The van der Waals surface area contributed by atoms with Crippen molar-refractivity contribution in [1.29, 1.82) is 0 Å². The zero-order chi connectivity index (χ0) is 37.1. The number of Topliss-reactive ketones (excluding diaryl/α,β-unsaturated/α-hetero) is 1. The molecule has 1 N–H and O–H groups in total. The number of hydrogen-bond acceptors (Lipinski definition) is 5. The SMILES string of the molecule is C=C1[C@@H](C)[C@H]2[C@H](Cc3ccccc3)NC(=O)[C@]23C(=O)[C@H]([Se]c2ccccc2)C[C@@]2(C)OC(C)(C)O[C@@H]2[C@@H](C)C/C=C/[C@H]3[C@@H]1O[Si](C)(C)C(C)(C)C. The van der Waals surface area contributed by atoms with Gasteiger partial charge in [-0.25, -0.2) is 0 Å². The number of allylic oxidation sites excluding steroid dienone is 1. The van der Waals surface area contributed by atoms with Gasteiger partial charge in [-0.05, 0) is 0 Å². The molecule has 276 valence electrons. The average Bonchev–Trinajstić information content (AvgIpc) is 3.48. The number of benzene rings is 2. The van der Waals surface area contributed by atoms with Crippen LogP contribution in [0.15, 0.2) is 85.0 Å². The summed E-state index contributed by atoms with van der Waals surface area (Å²) in [5, 5.41) is 3.39. The molecule has 1 saturated carbocycles. The van der Waals surface area contributed by atoms with Gasteiger partial charge in [0.05, 0.1) is 0 Å². The molecule has 10 atom stereocenters. The van der Waals surface area contributed by atoms with Gasteiger partial charge in [0, 0.05) is 0 Å². The van der Waals surface area contributed by atoms with Crippen molar-refractivity contribution in [3.05, 3.63) is 90.5 Å². The molecule has 3 fully saturated rings. The number of ether oxygens (including phenoxy) is 2. The van der Waals surface area contributed by atoms with Crippen LogP contribution in [0.4, 0.5) is 0 Å². The van der Waals surface area contributed by atoms with Crippen LogP contribution in [0.2, 0.25) is 22.9 Å². The maximum absolute atomic E-state index is 16.2. The summed E-state index contributed by atoms with van der Waals surface area (Å²) in [7, 11) is -2.38. The van der Waals surface area contributed by atoms with E-state index >= 15 is 9.59 Å². The summed E-state index contributed by atoms with van der Waals surface area (Å²) in [5.74, 6) is -1.75. The van der Waals surface area contributed by atoms with Gasteiger partial charge in [-0.2, -0.15) is 0 Å². The van der Waals surface area contributed by atoms with Gasteiger partial charge >= 0.3 is 315 Å². The summed E-state index contributed by atoms with van der Waals surface area (Å²) in [4.78, 5) is 31.0. The number of amides is 1. The molecule has 8 heteroatoms. The molecular weight excluding hydrogens is 718 g/mol. The van der Waals surface area contributed by atoms with Crippen LogP contribution in [0.25, 0.3) is 0 Å². The van der Waals surface area contributed by atoms with Crippen LogP contribution in [0.3, 0.4) is 0 Å². The fourth-order valence-electron chi connectivity index (χ4n) is 9.30. The van der Waals surface area contributed by atoms with Gasteiger partial charge in [0.2, 0.25) is 0 Å². The van der Waals surface area contributed by atoms with Gasteiger partial charge in [-0.3, -0.25) is 0 Å². The number of hydrogen-bond donors (Lipinski definition) is 1. The summed E-state index contributed by atoms with van der Waals surface area (Å²) in [6.45, 7) is 26.5.